The Balaban J connectivity index is 1.23. The number of hydrogen-bond donors (Lipinski definition) is 2. The fourth-order valence-electron chi connectivity index (χ4n) is 3.56. The summed E-state index contributed by atoms with van der Waals surface area (Å²) in [5, 5.41) is 13.2. The summed E-state index contributed by atoms with van der Waals surface area (Å²) in [6.07, 6.45) is 8.04. The number of halogens is 1. The van der Waals surface area contributed by atoms with Crippen LogP contribution in [-0.4, -0.2) is 35.6 Å². The maximum Gasteiger partial charge on any atom is 0.259 e. The zero-order chi connectivity index (χ0) is 20.9. The van der Waals surface area contributed by atoms with Crippen molar-refractivity contribution in [2.45, 2.75) is 37.6 Å². The van der Waals surface area contributed by atoms with Crippen LogP contribution in [0.1, 0.15) is 53.7 Å². The van der Waals surface area contributed by atoms with Crippen molar-refractivity contribution in [3.63, 3.8) is 0 Å². The molecule has 31 heavy (non-hydrogen) atoms. The zero-order valence-electron chi connectivity index (χ0n) is 16.4. The van der Waals surface area contributed by atoms with E-state index in [4.69, 9.17) is 0 Å². The number of hydrogen-bond acceptors (Lipinski definition) is 6. The van der Waals surface area contributed by atoms with Crippen LogP contribution in [0.5, 0.6) is 0 Å². The molecule has 2 N–H and O–H groups in total. The van der Waals surface area contributed by atoms with E-state index < -0.39 is 11.7 Å². The lowest BCUT2D eigenvalue weighted by atomic mass is 10.1. The Morgan fingerprint density at radius 2 is 2.13 bits per heavy atom. The molecule has 3 aromatic heterocycles. The van der Waals surface area contributed by atoms with E-state index in [1.165, 1.54) is 23.5 Å². The monoisotopic (exact) mass is 435 g/mol. The van der Waals surface area contributed by atoms with E-state index >= 15 is 0 Å². The number of thiazole rings is 1. The van der Waals surface area contributed by atoms with Crippen LogP contribution >= 0.6 is 11.3 Å². The molecule has 2 aliphatic rings. The first-order valence-corrected chi connectivity index (χ1v) is 11.1. The number of carbonyl (C=O) groups is 1. The highest BCUT2D eigenvalue weighted by molar-refractivity contribution is 7.13. The Hall–Kier alpha value is -3.40. The number of nitrogens with one attached hydrogen (secondary N) is 2. The van der Waals surface area contributed by atoms with Crippen molar-refractivity contribution in [2.24, 2.45) is 0 Å². The summed E-state index contributed by atoms with van der Waals surface area (Å²) < 4.78 is 16.4. The largest absolute Gasteiger partial charge is 0.342 e. The highest BCUT2D eigenvalue weighted by Crippen LogP contribution is 2.40. The SMILES string of the molecule is O=C(Nc1csc(-c2nncn2C2CC2)n1)c1cc(-c2ncc(C3CC3)[nH]2)ccc1F. The molecule has 0 spiro atoms. The third kappa shape index (κ3) is 3.52. The molecule has 1 amide bonds. The smallest absolute Gasteiger partial charge is 0.259 e. The molecule has 2 saturated carbocycles. The molecule has 0 aliphatic heterocycles. The second kappa shape index (κ2) is 7.09. The van der Waals surface area contributed by atoms with Crippen molar-refractivity contribution >= 4 is 23.1 Å². The van der Waals surface area contributed by atoms with Crippen LogP contribution in [0.2, 0.25) is 0 Å². The van der Waals surface area contributed by atoms with Gasteiger partial charge in [0.15, 0.2) is 10.8 Å². The van der Waals surface area contributed by atoms with Gasteiger partial charge in [-0.3, -0.25) is 4.79 Å². The molecule has 2 fully saturated rings. The first-order valence-electron chi connectivity index (χ1n) is 10.2. The second-order valence-corrected chi connectivity index (χ2v) is 8.80. The average molecular weight is 435 g/mol. The number of anilines is 1. The van der Waals surface area contributed by atoms with Gasteiger partial charge in [-0.25, -0.2) is 14.4 Å². The van der Waals surface area contributed by atoms with Crippen molar-refractivity contribution in [3.8, 4) is 22.2 Å². The third-order valence-electron chi connectivity index (χ3n) is 5.55. The molecule has 0 bridgehead atoms. The van der Waals surface area contributed by atoms with Gasteiger partial charge in [0.1, 0.15) is 23.8 Å². The van der Waals surface area contributed by atoms with Gasteiger partial charge in [0.25, 0.3) is 5.91 Å². The van der Waals surface area contributed by atoms with E-state index in [9.17, 15) is 9.18 Å². The Morgan fingerprint density at radius 3 is 2.94 bits per heavy atom. The van der Waals surface area contributed by atoms with E-state index in [0.717, 1.165) is 31.4 Å². The van der Waals surface area contributed by atoms with Gasteiger partial charge in [-0.1, -0.05) is 0 Å². The number of carbonyl (C=O) groups excluding carboxylic acids is 1. The Morgan fingerprint density at radius 1 is 1.26 bits per heavy atom. The molecule has 156 valence electrons. The summed E-state index contributed by atoms with van der Waals surface area (Å²) in [6, 6.07) is 4.84. The Bertz CT molecular complexity index is 1280. The number of benzene rings is 1. The average Bonchev–Trinajstić information content (AvgIpc) is 3.65. The lowest BCUT2D eigenvalue weighted by Gasteiger charge is -2.06. The topological polar surface area (TPSA) is 101 Å². The third-order valence-corrected chi connectivity index (χ3v) is 6.39. The summed E-state index contributed by atoms with van der Waals surface area (Å²) in [5.41, 5.74) is 1.69. The first-order chi connectivity index (χ1) is 15.2. The van der Waals surface area contributed by atoms with Crippen molar-refractivity contribution in [1.29, 1.82) is 0 Å². The highest BCUT2D eigenvalue weighted by Gasteiger charge is 2.28. The van der Waals surface area contributed by atoms with E-state index in [2.05, 4.69) is 30.5 Å². The standard InChI is InChI=1S/C21H18FN7OS/c22-15-6-3-12(18-23-8-16(25-18)11-1-2-11)7-14(15)20(30)26-17-9-31-21(27-17)19-28-24-10-29(19)13-4-5-13/h3,6-11,13H,1-2,4-5H2,(H,23,25)(H,26,30). The molecule has 0 atom stereocenters. The summed E-state index contributed by atoms with van der Waals surface area (Å²) in [5.74, 6) is 1.05. The number of imidazole rings is 1. The summed E-state index contributed by atoms with van der Waals surface area (Å²) in [4.78, 5) is 24.9. The lowest BCUT2D eigenvalue weighted by Crippen LogP contribution is -2.14. The lowest BCUT2D eigenvalue weighted by molar-refractivity contribution is 0.102. The Kier molecular flexibility index (Phi) is 4.20. The highest BCUT2D eigenvalue weighted by atomic mass is 32.1. The molecule has 1 aromatic carbocycles. The number of nitrogens with zero attached hydrogens (tertiary/aromatic N) is 5. The molecule has 3 heterocycles. The van der Waals surface area contributed by atoms with Gasteiger partial charge in [0.05, 0.1) is 5.56 Å². The molecular weight excluding hydrogens is 417 g/mol. The number of aromatic amines is 1. The molecule has 6 rings (SSSR count). The quantitative estimate of drug-likeness (QED) is 0.468. The molecule has 10 heteroatoms. The normalized spacial score (nSPS) is 15.9. The maximum absolute atomic E-state index is 14.4. The predicted molar refractivity (Wildman–Crippen MR) is 113 cm³/mol. The van der Waals surface area contributed by atoms with Crippen LogP contribution in [0, 0.1) is 5.82 Å². The van der Waals surface area contributed by atoms with Crippen LogP contribution in [0.4, 0.5) is 10.2 Å². The van der Waals surface area contributed by atoms with Crippen molar-refractivity contribution < 1.29 is 9.18 Å². The molecule has 0 unspecified atom stereocenters. The minimum Gasteiger partial charge on any atom is -0.342 e. The molecule has 8 nitrogen and oxygen atoms in total. The predicted octanol–water partition coefficient (Wildman–Crippen LogP) is 4.40. The van der Waals surface area contributed by atoms with E-state index in [0.29, 0.717) is 40.0 Å². The van der Waals surface area contributed by atoms with Gasteiger partial charge in [0.2, 0.25) is 0 Å². The molecular formula is C21H18FN7OS. The van der Waals surface area contributed by atoms with E-state index in [1.807, 2.05) is 10.8 Å². The minimum absolute atomic E-state index is 0.0578. The van der Waals surface area contributed by atoms with Crippen LogP contribution in [0.15, 0.2) is 36.1 Å². The van der Waals surface area contributed by atoms with E-state index in [-0.39, 0.29) is 5.56 Å². The Labute approximate surface area is 180 Å². The number of H-pyrrole nitrogens is 1. The minimum atomic E-state index is -0.598. The summed E-state index contributed by atoms with van der Waals surface area (Å²) in [6.45, 7) is 0. The van der Waals surface area contributed by atoms with Gasteiger partial charge in [0, 0.05) is 34.8 Å². The van der Waals surface area contributed by atoms with Crippen LogP contribution in [0.3, 0.4) is 0 Å². The molecule has 4 aromatic rings. The second-order valence-electron chi connectivity index (χ2n) is 7.94. The fourth-order valence-corrected chi connectivity index (χ4v) is 4.30. The first kappa shape index (κ1) is 18.4. The van der Waals surface area contributed by atoms with Crippen LogP contribution < -0.4 is 5.32 Å². The number of rotatable bonds is 6. The van der Waals surface area contributed by atoms with Crippen molar-refractivity contribution in [2.75, 3.05) is 5.32 Å². The van der Waals surface area contributed by atoms with Gasteiger partial charge in [-0.05, 0) is 43.9 Å². The van der Waals surface area contributed by atoms with Crippen LogP contribution in [-0.2, 0) is 0 Å². The van der Waals surface area contributed by atoms with Gasteiger partial charge in [-0.15, -0.1) is 21.5 Å². The van der Waals surface area contributed by atoms with Crippen LogP contribution in [0.25, 0.3) is 22.2 Å². The molecule has 2 aliphatic carbocycles. The van der Waals surface area contributed by atoms with Gasteiger partial charge < -0.3 is 14.9 Å². The number of aromatic nitrogens is 6. The maximum atomic E-state index is 14.4. The summed E-state index contributed by atoms with van der Waals surface area (Å²) in [7, 11) is 0. The van der Waals surface area contributed by atoms with Crippen molar-refractivity contribution in [1.82, 2.24) is 29.7 Å². The number of amides is 1. The van der Waals surface area contributed by atoms with Gasteiger partial charge >= 0.3 is 0 Å². The van der Waals surface area contributed by atoms with Gasteiger partial charge in [-0.2, -0.15) is 0 Å². The van der Waals surface area contributed by atoms with Crippen molar-refractivity contribution in [3.05, 3.63) is 53.2 Å². The zero-order valence-corrected chi connectivity index (χ0v) is 17.2. The summed E-state index contributed by atoms with van der Waals surface area (Å²) >= 11 is 1.36. The molecule has 0 saturated heterocycles. The molecule has 0 radical (unpaired) electrons. The van der Waals surface area contributed by atoms with E-state index in [1.54, 1.807) is 17.8 Å². The fraction of sp³-hybridized carbons (Fsp3) is 0.286.